The quantitative estimate of drug-likeness (QED) is 0.374. The Labute approximate surface area is 238 Å². The summed E-state index contributed by atoms with van der Waals surface area (Å²) < 4.78 is 13.7. The Morgan fingerprint density at radius 1 is 1.12 bits per heavy atom. The molecule has 0 aromatic carbocycles. The average molecular weight is 559 g/mol. The lowest BCUT2D eigenvalue weighted by Crippen LogP contribution is -2.41. The first kappa shape index (κ1) is 26.7. The SMILES string of the molecule is Cn1cc(-c2cnc(N)c(OCC3CCN(c4nc(OC[C@H]5C[C@H]5C#N)nc(C(=O)NC5CCC5)n4)CC3)c2)cn1. The lowest BCUT2D eigenvalue weighted by molar-refractivity contribution is 0.0904. The van der Waals surface area contributed by atoms with Gasteiger partial charge in [-0.15, -0.1) is 0 Å². The third kappa shape index (κ3) is 6.32. The van der Waals surface area contributed by atoms with Crippen LogP contribution in [0.3, 0.4) is 0 Å². The zero-order valence-electron chi connectivity index (χ0n) is 23.1. The van der Waals surface area contributed by atoms with Gasteiger partial charge in [0.15, 0.2) is 11.6 Å². The van der Waals surface area contributed by atoms with Crippen molar-refractivity contribution in [3.05, 3.63) is 30.5 Å². The Morgan fingerprint density at radius 2 is 1.95 bits per heavy atom. The van der Waals surface area contributed by atoms with Gasteiger partial charge in [0.1, 0.15) is 0 Å². The number of nitrogens with zero attached hydrogens (tertiary/aromatic N) is 8. The molecule has 1 aliphatic heterocycles. The van der Waals surface area contributed by atoms with Gasteiger partial charge in [0.25, 0.3) is 5.91 Å². The second-order valence-corrected chi connectivity index (χ2v) is 11.1. The number of rotatable bonds is 10. The Hall–Kier alpha value is -4.47. The van der Waals surface area contributed by atoms with Crippen LogP contribution in [-0.4, -0.2) is 68.0 Å². The van der Waals surface area contributed by atoms with Crippen LogP contribution >= 0.6 is 0 Å². The molecule has 6 rings (SSSR count). The number of carbonyl (C=O) groups is 1. The van der Waals surface area contributed by atoms with E-state index in [0.717, 1.165) is 49.7 Å². The smallest absolute Gasteiger partial charge is 0.321 e. The van der Waals surface area contributed by atoms with E-state index in [1.165, 1.54) is 0 Å². The Morgan fingerprint density at radius 3 is 2.63 bits per heavy atom. The first-order valence-corrected chi connectivity index (χ1v) is 14.2. The second kappa shape index (κ2) is 11.6. The van der Waals surface area contributed by atoms with Crippen LogP contribution < -0.4 is 25.4 Å². The highest BCUT2D eigenvalue weighted by Gasteiger charge is 2.38. The highest BCUT2D eigenvalue weighted by Crippen LogP contribution is 2.37. The van der Waals surface area contributed by atoms with E-state index in [1.807, 2.05) is 19.3 Å². The number of carbonyl (C=O) groups excluding carboxylic acids is 1. The highest BCUT2D eigenvalue weighted by atomic mass is 16.5. The first-order valence-electron chi connectivity index (χ1n) is 14.2. The van der Waals surface area contributed by atoms with E-state index in [2.05, 4.69) is 41.3 Å². The third-order valence-electron chi connectivity index (χ3n) is 8.05. The summed E-state index contributed by atoms with van der Waals surface area (Å²) in [6.07, 6.45) is 11.0. The Balaban J connectivity index is 1.08. The van der Waals surface area contributed by atoms with Crippen LogP contribution in [0.1, 0.15) is 49.1 Å². The van der Waals surface area contributed by atoms with E-state index in [-0.39, 0.29) is 35.6 Å². The van der Waals surface area contributed by atoms with Crippen molar-refractivity contribution in [2.75, 3.05) is 36.9 Å². The predicted octanol–water partition coefficient (Wildman–Crippen LogP) is 2.37. The maximum atomic E-state index is 12.9. The van der Waals surface area contributed by atoms with E-state index >= 15 is 0 Å². The van der Waals surface area contributed by atoms with Gasteiger partial charge in [-0.25, -0.2) is 4.98 Å². The van der Waals surface area contributed by atoms with Crippen molar-refractivity contribution in [1.82, 2.24) is 35.0 Å². The highest BCUT2D eigenvalue weighted by molar-refractivity contribution is 5.91. The third-order valence-corrected chi connectivity index (χ3v) is 8.05. The van der Waals surface area contributed by atoms with E-state index < -0.39 is 0 Å². The van der Waals surface area contributed by atoms with Gasteiger partial charge in [0.2, 0.25) is 11.8 Å². The molecular formula is C28H34N10O3. The lowest BCUT2D eigenvalue weighted by atomic mass is 9.93. The Bertz CT molecular complexity index is 1440. The maximum absolute atomic E-state index is 12.9. The number of nitriles is 1. The molecule has 1 saturated heterocycles. The van der Waals surface area contributed by atoms with Crippen molar-refractivity contribution in [3.8, 4) is 29.0 Å². The molecule has 13 heteroatoms. The Kier molecular flexibility index (Phi) is 7.54. The van der Waals surface area contributed by atoms with Gasteiger partial charge in [0.05, 0.1) is 31.4 Å². The number of aromatic nitrogens is 6. The summed E-state index contributed by atoms with van der Waals surface area (Å²) >= 11 is 0. The molecule has 2 aliphatic carbocycles. The van der Waals surface area contributed by atoms with Crippen LogP contribution in [0.4, 0.5) is 11.8 Å². The fourth-order valence-electron chi connectivity index (χ4n) is 5.03. The second-order valence-electron chi connectivity index (χ2n) is 11.1. The number of anilines is 2. The van der Waals surface area contributed by atoms with Gasteiger partial charge in [-0.3, -0.25) is 9.48 Å². The monoisotopic (exact) mass is 558 g/mol. The number of nitrogen functional groups attached to an aromatic ring is 1. The molecule has 0 unspecified atom stereocenters. The normalized spacial score (nSPS) is 20.6. The van der Waals surface area contributed by atoms with Crippen LogP contribution in [0.2, 0.25) is 0 Å². The van der Waals surface area contributed by atoms with Gasteiger partial charge in [-0.1, -0.05) is 0 Å². The number of aryl methyl sites for hydroxylation is 1. The summed E-state index contributed by atoms with van der Waals surface area (Å²) in [4.78, 5) is 32.6. The van der Waals surface area contributed by atoms with Gasteiger partial charge < -0.3 is 25.4 Å². The maximum Gasteiger partial charge on any atom is 0.321 e. The molecule has 2 saturated carbocycles. The number of hydrogen-bond donors (Lipinski definition) is 2. The van der Waals surface area contributed by atoms with E-state index in [9.17, 15) is 4.79 Å². The van der Waals surface area contributed by atoms with Crippen LogP contribution in [-0.2, 0) is 7.05 Å². The average Bonchev–Trinajstić information content (AvgIpc) is 3.61. The van der Waals surface area contributed by atoms with Crippen molar-refractivity contribution in [2.45, 2.75) is 44.6 Å². The van der Waals surface area contributed by atoms with E-state index in [1.54, 1.807) is 17.1 Å². The summed E-state index contributed by atoms with van der Waals surface area (Å²) in [7, 11) is 1.87. The number of amides is 1. The molecule has 2 atom stereocenters. The zero-order valence-corrected chi connectivity index (χ0v) is 23.1. The number of nitrogens with one attached hydrogen (secondary N) is 1. The fourth-order valence-corrected chi connectivity index (χ4v) is 5.03. The van der Waals surface area contributed by atoms with Crippen LogP contribution in [0.5, 0.6) is 11.8 Å². The number of pyridine rings is 1. The van der Waals surface area contributed by atoms with Crippen LogP contribution in [0.15, 0.2) is 24.7 Å². The largest absolute Gasteiger partial charge is 0.489 e. The molecular weight excluding hydrogens is 524 g/mol. The standard InChI is InChI=1S/C28H34N10O3/c1-37-14-21(13-32-37)19-10-23(24(30)31-12-19)40-15-17-5-7-38(8-6-17)27-34-25(26(39)33-22-3-2-4-22)35-28(36-27)41-16-20-9-18(20)11-29/h10,12-14,17-18,20,22H,2-9,15-16H2,1H3,(H2,30,31)(H,33,39)/t18-,20+/m0/s1. The number of hydrogen-bond acceptors (Lipinski definition) is 11. The molecule has 41 heavy (non-hydrogen) atoms. The summed E-state index contributed by atoms with van der Waals surface area (Å²) in [5.41, 5.74) is 7.94. The molecule has 0 radical (unpaired) electrons. The summed E-state index contributed by atoms with van der Waals surface area (Å²) in [5, 5.41) is 16.3. The minimum Gasteiger partial charge on any atom is -0.489 e. The van der Waals surface area contributed by atoms with Crippen LogP contribution in [0, 0.1) is 29.1 Å². The summed E-state index contributed by atoms with van der Waals surface area (Å²) in [6, 6.07) is 4.45. The molecule has 3 aliphatic rings. The van der Waals surface area contributed by atoms with Gasteiger partial charge >= 0.3 is 6.01 Å². The lowest BCUT2D eigenvalue weighted by Gasteiger charge is -2.32. The van der Waals surface area contributed by atoms with Gasteiger partial charge in [0, 0.05) is 55.6 Å². The topological polar surface area (TPSA) is 170 Å². The molecule has 214 valence electrons. The number of ether oxygens (including phenoxy) is 2. The molecule has 4 heterocycles. The van der Waals surface area contributed by atoms with Crippen molar-refractivity contribution in [1.29, 1.82) is 5.26 Å². The summed E-state index contributed by atoms with van der Waals surface area (Å²) in [5.74, 6) is 1.60. The van der Waals surface area contributed by atoms with Crippen molar-refractivity contribution in [3.63, 3.8) is 0 Å². The van der Waals surface area contributed by atoms with E-state index in [4.69, 9.17) is 20.5 Å². The summed E-state index contributed by atoms with van der Waals surface area (Å²) in [6.45, 7) is 2.26. The molecule has 3 N–H and O–H groups in total. The first-order chi connectivity index (χ1) is 19.9. The molecule has 0 bridgehead atoms. The van der Waals surface area contributed by atoms with Crippen molar-refractivity contribution in [2.24, 2.45) is 24.8 Å². The fraction of sp³-hybridized carbons (Fsp3) is 0.536. The van der Waals surface area contributed by atoms with Crippen molar-refractivity contribution < 1.29 is 14.3 Å². The molecule has 1 amide bonds. The molecule has 13 nitrogen and oxygen atoms in total. The van der Waals surface area contributed by atoms with Crippen LogP contribution in [0.25, 0.3) is 11.1 Å². The molecule has 3 fully saturated rings. The minimum absolute atomic E-state index is 0.0166. The molecule has 3 aromatic rings. The van der Waals surface area contributed by atoms with Crippen molar-refractivity contribution >= 4 is 17.7 Å². The number of piperidine rings is 1. The van der Waals surface area contributed by atoms with Gasteiger partial charge in [-0.05, 0) is 50.5 Å². The zero-order chi connectivity index (χ0) is 28.3. The van der Waals surface area contributed by atoms with E-state index in [0.29, 0.717) is 49.7 Å². The molecule has 0 spiro atoms. The number of nitrogens with two attached hydrogens (primary N) is 1. The van der Waals surface area contributed by atoms with Gasteiger partial charge in [-0.2, -0.15) is 25.3 Å². The predicted molar refractivity (Wildman–Crippen MR) is 149 cm³/mol. The molecule has 3 aromatic heterocycles. The minimum atomic E-state index is -0.312.